The van der Waals surface area contributed by atoms with E-state index in [0.29, 0.717) is 10.0 Å². The Morgan fingerprint density at radius 1 is 1.04 bits per heavy atom. The van der Waals surface area contributed by atoms with E-state index in [2.05, 4.69) is 5.10 Å². The number of hydrogen-bond acceptors (Lipinski definition) is 6. The van der Waals surface area contributed by atoms with Crippen molar-refractivity contribution in [1.82, 2.24) is 18.4 Å². The number of hydrogen-bond donors (Lipinski definition) is 0. The zero-order valence-corrected chi connectivity index (χ0v) is 16.8. The maximum atomic E-state index is 12.7. The van der Waals surface area contributed by atoms with Gasteiger partial charge in [0.15, 0.2) is 0 Å². The van der Waals surface area contributed by atoms with Gasteiger partial charge in [0.25, 0.3) is 10.0 Å². The van der Waals surface area contributed by atoms with E-state index in [-0.39, 0.29) is 35.3 Å². The van der Waals surface area contributed by atoms with Gasteiger partial charge in [-0.05, 0) is 19.1 Å². The van der Waals surface area contributed by atoms with Crippen molar-refractivity contribution in [2.75, 3.05) is 26.2 Å². The third-order valence-corrected chi connectivity index (χ3v) is 9.53. The summed E-state index contributed by atoms with van der Waals surface area (Å²) in [6, 6.07) is 3.00. The van der Waals surface area contributed by atoms with E-state index in [1.807, 2.05) is 0 Å². The van der Waals surface area contributed by atoms with Crippen LogP contribution in [0, 0.1) is 6.92 Å². The van der Waals surface area contributed by atoms with Crippen LogP contribution >= 0.6 is 22.9 Å². The molecule has 25 heavy (non-hydrogen) atoms. The van der Waals surface area contributed by atoms with E-state index in [1.165, 1.54) is 31.6 Å². The second kappa shape index (κ2) is 6.63. The number of halogens is 1. The highest BCUT2D eigenvalue weighted by Crippen LogP contribution is 2.29. The van der Waals surface area contributed by atoms with Crippen LogP contribution in [0.15, 0.2) is 27.4 Å². The topological polar surface area (TPSA) is 92.6 Å². The van der Waals surface area contributed by atoms with Gasteiger partial charge in [0.1, 0.15) is 9.10 Å². The van der Waals surface area contributed by atoms with E-state index in [1.54, 1.807) is 14.0 Å². The molecule has 3 rings (SSSR count). The first-order valence-corrected chi connectivity index (χ1v) is 11.5. The minimum Gasteiger partial charge on any atom is -0.274 e. The Morgan fingerprint density at radius 2 is 1.60 bits per heavy atom. The van der Waals surface area contributed by atoms with Crippen molar-refractivity contribution < 1.29 is 16.8 Å². The quantitative estimate of drug-likeness (QED) is 0.733. The molecule has 138 valence electrons. The van der Waals surface area contributed by atoms with Crippen LogP contribution < -0.4 is 0 Å². The average Bonchev–Trinajstić information content (AvgIpc) is 3.13. The standard InChI is InChI=1S/C13H17ClN4O4S3/c1-10-11(9-16(2)15-10)24(19,20)17-5-7-18(8-6-17)25(21,22)13-4-3-12(14)23-13/h3-4,9H,5-8H2,1-2H3. The second-order valence-electron chi connectivity index (χ2n) is 5.62. The molecule has 0 unspecified atom stereocenters. The van der Waals surface area contributed by atoms with Gasteiger partial charge < -0.3 is 0 Å². The Balaban J connectivity index is 1.77. The van der Waals surface area contributed by atoms with E-state index in [9.17, 15) is 16.8 Å². The lowest BCUT2D eigenvalue weighted by atomic mass is 10.4. The molecule has 0 atom stereocenters. The molecule has 0 bridgehead atoms. The number of rotatable bonds is 4. The monoisotopic (exact) mass is 424 g/mol. The molecule has 0 aliphatic carbocycles. The maximum Gasteiger partial charge on any atom is 0.252 e. The van der Waals surface area contributed by atoms with E-state index in [4.69, 9.17) is 11.6 Å². The summed E-state index contributed by atoms with van der Waals surface area (Å²) in [5.74, 6) is 0. The maximum absolute atomic E-state index is 12.7. The summed E-state index contributed by atoms with van der Waals surface area (Å²) in [5, 5.41) is 4.06. The summed E-state index contributed by atoms with van der Waals surface area (Å²) < 4.78 is 55.2. The predicted octanol–water partition coefficient (Wildman–Crippen LogP) is 1.14. The molecular weight excluding hydrogens is 408 g/mol. The summed E-state index contributed by atoms with van der Waals surface area (Å²) in [6.45, 7) is 2.00. The van der Waals surface area contributed by atoms with Gasteiger partial charge in [0.05, 0.1) is 10.0 Å². The first-order chi connectivity index (χ1) is 11.6. The van der Waals surface area contributed by atoms with Crippen molar-refractivity contribution in [2.45, 2.75) is 16.0 Å². The minimum atomic E-state index is -3.69. The molecule has 0 saturated carbocycles. The molecule has 0 radical (unpaired) electrons. The highest BCUT2D eigenvalue weighted by Gasteiger charge is 2.35. The molecule has 1 saturated heterocycles. The van der Waals surface area contributed by atoms with Crippen molar-refractivity contribution >= 4 is 43.0 Å². The van der Waals surface area contributed by atoms with Gasteiger partial charge >= 0.3 is 0 Å². The summed E-state index contributed by atoms with van der Waals surface area (Å²) in [7, 11) is -5.69. The normalized spacial score (nSPS) is 17.9. The number of aryl methyl sites for hydroxylation is 2. The Hall–Kier alpha value is -0.980. The number of piperazine rings is 1. The SMILES string of the molecule is Cc1nn(C)cc1S(=O)(=O)N1CCN(S(=O)(=O)c2ccc(Cl)s2)CC1. The lowest BCUT2D eigenvalue weighted by molar-refractivity contribution is 0.273. The molecule has 1 aliphatic rings. The summed E-state index contributed by atoms with van der Waals surface area (Å²) in [4.78, 5) is 0.149. The number of thiophene rings is 1. The zero-order valence-electron chi connectivity index (χ0n) is 13.6. The molecule has 0 amide bonds. The van der Waals surface area contributed by atoms with Crippen LogP contribution in [-0.2, 0) is 27.1 Å². The van der Waals surface area contributed by atoms with Crippen LogP contribution in [0.1, 0.15) is 5.69 Å². The van der Waals surface area contributed by atoms with Gasteiger partial charge in [-0.15, -0.1) is 11.3 Å². The lowest BCUT2D eigenvalue weighted by Crippen LogP contribution is -2.50. The molecule has 1 fully saturated rings. The number of nitrogens with zero attached hydrogens (tertiary/aromatic N) is 4. The molecule has 2 aromatic heterocycles. The fourth-order valence-corrected chi connectivity index (χ4v) is 7.37. The molecule has 12 heteroatoms. The lowest BCUT2D eigenvalue weighted by Gasteiger charge is -2.32. The van der Waals surface area contributed by atoms with Gasteiger partial charge in [-0.3, -0.25) is 4.68 Å². The van der Waals surface area contributed by atoms with Crippen LogP contribution in [0.5, 0.6) is 0 Å². The third kappa shape index (κ3) is 3.49. The van der Waals surface area contributed by atoms with Crippen molar-refractivity contribution in [2.24, 2.45) is 7.05 Å². The van der Waals surface area contributed by atoms with Crippen molar-refractivity contribution in [3.63, 3.8) is 0 Å². The fraction of sp³-hybridized carbons (Fsp3) is 0.462. The highest BCUT2D eigenvalue weighted by atomic mass is 35.5. The van der Waals surface area contributed by atoms with Crippen LogP contribution in [0.3, 0.4) is 0 Å². The summed E-state index contributed by atoms with van der Waals surface area (Å²) in [5.41, 5.74) is 0.422. The molecule has 3 heterocycles. The molecule has 2 aromatic rings. The van der Waals surface area contributed by atoms with Crippen LogP contribution in [0.2, 0.25) is 4.34 Å². The van der Waals surface area contributed by atoms with Gasteiger partial charge in [-0.25, -0.2) is 16.8 Å². The van der Waals surface area contributed by atoms with Crippen molar-refractivity contribution in [3.05, 3.63) is 28.4 Å². The Morgan fingerprint density at radius 3 is 2.04 bits per heavy atom. The van der Waals surface area contributed by atoms with Crippen LogP contribution in [0.25, 0.3) is 0 Å². The van der Waals surface area contributed by atoms with Gasteiger partial charge in [0, 0.05) is 39.4 Å². The molecular formula is C13H17ClN4O4S3. The van der Waals surface area contributed by atoms with Gasteiger partial charge in [0.2, 0.25) is 10.0 Å². The fourth-order valence-electron chi connectivity index (χ4n) is 2.68. The minimum absolute atomic E-state index is 0.0923. The molecule has 1 aliphatic heterocycles. The largest absolute Gasteiger partial charge is 0.274 e. The Kier molecular flexibility index (Phi) is 4.99. The van der Waals surface area contributed by atoms with Gasteiger partial charge in [-0.2, -0.15) is 13.7 Å². The number of sulfonamides is 2. The number of aromatic nitrogens is 2. The molecule has 0 spiro atoms. The molecule has 0 N–H and O–H groups in total. The first-order valence-electron chi connectivity index (χ1n) is 7.38. The van der Waals surface area contributed by atoms with Gasteiger partial charge in [-0.1, -0.05) is 11.6 Å². The summed E-state index contributed by atoms with van der Waals surface area (Å²) in [6.07, 6.45) is 1.46. The predicted molar refractivity (Wildman–Crippen MR) is 94.8 cm³/mol. The van der Waals surface area contributed by atoms with Crippen molar-refractivity contribution in [3.8, 4) is 0 Å². The Labute approximate surface area is 155 Å². The van der Waals surface area contributed by atoms with E-state index < -0.39 is 20.0 Å². The Bertz CT molecular complexity index is 988. The molecule has 8 nitrogen and oxygen atoms in total. The molecule has 0 aromatic carbocycles. The van der Waals surface area contributed by atoms with Crippen LogP contribution in [-0.4, -0.2) is 61.4 Å². The average molecular weight is 425 g/mol. The van der Waals surface area contributed by atoms with E-state index in [0.717, 1.165) is 11.3 Å². The second-order valence-corrected chi connectivity index (χ2v) is 11.4. The first kappa shape index (κ1) is 18.8. The van der Waals surface area contributed by atoms with Crippen molar-refractivity contribution in [1.29, 1.82) is 0 Å². The summed E-state index contributed by atoms with van der Waals surface area (Å²) >= 11 is 6.80. The smallest absolute Gasteiger partial charge is 0.252 e. The third-order valence-electron chi connectivity index (χ3n) is 3.93. The van der Waals surface area contributed by atoms with Crippen LogP contribution in [0.4, 0.5) is 0 Å². The zero-order chi connectivity index (χ0) is 18.4. The van der Waals surface area contributed by atoms with E-state index >= 15 is 0 Å². The highest BCUT2D eigenvalue weighted by molar-refractivity contribution is 7.91.